The van der Waals surface area contributed by atoms with Crippen molar-refractivity contribution in [3.63, 3.8) is 0 Å². The Balaban J connectivity index is 1.76. The molecule has 0 saturated carbocycles. The Morgan fingerprint density at radius 3 is 3.10 bits per heavy atom. The number of carbonyl (C=O) groups excluding carboxylic acids is 1. The van der Waals surface area contributed by atoms with Crippen molar-refractivity contribution in [1.82, 2.24) is 10.6 Å². The van der Waals surface area contributed by atoms with Crippen molar-refractivity contribution in [1.29, 1.82) is 0 Å². The Morgan fingerprint density at radius 2 is 2.38 bits per heavy atom. The predicted octanol–water partition coefficient (Wildman–Crippen LogP) is 1.99. The Hall–Kier alpha value is -1.46. The molecule has 2 atom stereocenters. The molecular weight excluding hydrogens is 290 g/mol. The van der Waals surface area contributed by atoms with Crippen LogP contribution in [0.1, 0.15) is 19.8 Å². The molecule has 1 saturated heterocycles. The molecule has 2 amide bonds. The van der Waals surface area contributed by atoms with E-state index in [0.717, 1.165) is 30.2 Å². The Bertz CT molecular complexity index is 482. The zero-order valence-electron chi connectivity index (χ0n) is 12.2. The highest BCUT2D eigenvalue weighted by molar-refractivity contribution is 6.30. The van der Waals surface area contributed by atoms with Gasteiger partial charge >= 0.3 is 6.03 Å². The molecule has 1 aliphatic heterocycles. The Kier molecular flexibility index (Phi) is 5.70. The average molecular weight is 312 g/mol. The van der Waals surface area contributed by atoms with Gasteiger partial charge in [0.15, 0.2) is 0 Å². The minimum Gasteiger partial charge on any atom is -0.393 e. The summed E-state index contributed by atoms with van der Waals surface area (Å²) in [5.41, 5.74) is 1.08. The zero-order valence-corrected chi connectivity index (χ0v) is 12.9. The van der Waals surface area contributed by atoms with Crippen LogP contribution in [-0.2, 0) is 0 Å². The third-order valence-electron chi connectivity index (χ3n) is 3.54. The van der Waals surface area contributed by atoms with E-state index in [4.69, 9.17) is 16.7 Å². The minimum absolute atomic E-state index is 0.135. The highest BCUT2D eigenvalue weighted by Gasteiger charge is 2.24. The molecule has 21 heavy (non-hydrogen) atoms. The minimum atomic E-state index is -0.393. The molecule has 1 aromatic carbocycles. The molecule has 6 heteroatoms. The zero-order chi connectivity index (χ0) is 15.2. The second kappa shape index (κ2) is 7.52. The monoisotopic (exact) mass is 311 g/mol. The van der Waals surface area contributed by atoms with Crippen LogP contribution in [0.25, 0.3) is 0 Å². The summed E-state index contributed by atoms with van der Waals surface area (Å²) in [5.74, 6) is 0. The maximum atomic E-state index is 11.7. The smallest absolute Gasteiger partial charge is 0.315 e. The highest BCUT2D eigenvalue weighted by atomic mass is 35.5. The summed E-state index contributed by atoms with van der Waals surface area (Å²) in [7, 11) is 0. The molecule has 0 spiro atoms. The largest absolute Gasteiger partial charge is 0.393 e. The number of aliphatic hydroxyl groups excluding tert-OH is 1. The van der Waals surface area contributed by atoms with Gasteiger partial charge in [0.2, 0.25) is 0 Å². The lowest BCUT2D eigenvalue weighted by Gasteiger charge is -2.19. The summed E-state index contributed by atoms with van der Waals surface area (Å²) in [6.07, 6.45) is 1.08. The van der Waals surface area contributed by atoms with Gasteiger partial charge in [-0.1, -0.05) is 17.7 Å². The fraction of sp³-hybridized carbons (Fsp3) is 0.533. The first-order chi connectivity index (χ1) is 10.0. The summed E-state index contributed by atoms with van der Waals surface area (Å²) in [4.78, 5) is 13.9. The standard InChI is InChI=1S/C15H22ClN3O2/c1-11(20)5-7-17-15(21)18-13-6-8-19(10-13)14-4-2-3-12(16)9-14/h2-4,9,11,13,20H,5-8,10H2,1H3,(H2,17,18,21). The first-order valence-electron chi connectivity index (χ1n) is 7.27. The molecule has 2 rings (SSSR count). The first-order valence-corrected chi connectivity index (χ1v) is 7.65. The van der Waals surface area contributed by atoms with Crippen LogP contribution in [0, 0.1) is 0 Å². The second-order valence-electron chi connectivity index (χ2n) is 5.45. The van der Waals surface area contributed by atoms with Crippen LogP contribution in [0.15, 0.2) is 24.3 Å². The Morgan fingerprint density at radius 1 is 1.57 bits per heavy atom. The molecule has 5 nitrogen and oxygen atoms in total. The van der Waals surface area contributed by atoms with Gasteiger partial charge in [-0.3, -0.25) is 0 Å². The van der Waals surface area contributed by atoms with Crippen molar-refractivity contribution in [3.8, 4) is 0 Å². The van der Waals surface area contributed by atoms with Crippen molar-refractivity contribution in [2.75, 3.05) is 24.5 Å². The molecule has 1 heterocycles. The maximum Gasteiger partial charge on any atom is 0.315 e. The number of nitrogens with zero attached hydrogens (tertiary/aromatic N) is 1. The summed E-state index contributed by atoms with van der Waals surface area (Å²) in [5, 5.41) is 15.6. The number of hydrogen-bond donors (Lipinski definition) is 3. The lowest BCUT2D eigenvalue weighted by Crippen LogP contribution is -2.44. The third-order valence-corrected chi connectivity index (χ3v) is 3.78. The number of rotatable bonds is 5. The van der Waals surface area contributed by atoms with Gasteiger partial charge in [-0.15, -0.1) is 0 Å². The number of anilines is 1. The van der Waals surface area contributed by atoms with Crippen molar-refractivity contribution in [2.24, 2.45) is 0 Å². The predicted molar refractivity (Wildman–Crippen MR) is 84.9 cm³/mol. The fourth-order valence-corrected chi connectivity index (χ4v) is 2.60. The molecule has 116 valence electrons. The van der Waals surface area contributed by atoms with E-state index in [1.165, 1.54) is 0 Å². The number of nitrogens with one attached hydrogen (secondary N) is 2. The molecule has 0 bridgehead atoms. The van der Waals surface area contributed by atoms with Crippen LogP contribution in [-0.4, -0.2) is 42.9 Å². The van der Waals surface area contributed by atoms with Gasteiger partial charge in [-0.2, -0.15) is 0 Å². The first kappa shape index (κ1) is 15.9. The molecule has 2 unspecified atom stereocenters. The molecule has 0 aliphatic carbocycles. The molecule has 0 radical (unpaired) electrons. The van der Waals surface area contributed by atoms with Crippen LogP contribution in [0.3, 0.4) is 0 Å². The van der Waals surface area contributed by atoms with Crippen molar-refractivity contribution in [2.45, 2.75) is 31.9 Å². The van der Waals surface area contributed by atoms with Crippen molar-refractivity contribution in [3.05, 3.63) is 29.3 Å². The Labute approximate surface area is 130 Å². The number of hydrogen-bond acceptors (Lipinski definition) is 3. The second-order valence-corrected chi connectivity index (χ2v) is 5.89. The van der Waals surface area contributed by atoms with Crippen LogP contribution in [0.2, 0.25) is 5.02 Å². The molecule has 3 N–H and O–H groups in total. The topological polar surface area (TPSA) is 64.6 Å². The van der Waals surface area contributed by atoms with Crippen molar-refractivity contribution < 1.29 is 9.90 Å². The van der Waals surface area contributed by atoms with Crippen LogP contribution < -0.4 is 15.5 Å². The summed E-state index contributed by atoms with van der Waals surface area (Å²) in [6, 6.07) is 7.71. The van der Waals surface area contributed by atoms with Crippen LogP contribution in [0.5, 0.6) is 0 Å². The van der Waals surface area contributed by atoms with E-state index in [2.05, 4.69) is 15.5 Å². The van der Waals surface area contributed by atoms with E-state index in [1.807, 2.05) is 24.3 Å². The quantitative estimate of drug-likeness (QED) is 0.779. The number of amides is 2. The van der Waals surface area contributed by atoms with Gasteiger partial charge in [0.1, 0.15) is 0 Å². The molecule has 0 aromatic heterocycles. The molecular formula is C15H22ClN3O2. The van der Waals surface area contributed by atoms with E-state index >= 15 is 0 Å². The van der Waals surface area contributed by atoms with E-state index in [1.54, 1.807) is 6.92 Å². The van der Waals surface area contributed by atoms with Gasteiger partial charge in [0.25, 0.3) is 0 Å². The average Bonchev–Trinajstić information content (AvgIpc) is 2.86. The summed E-state index contributed by atoms with van der Waals surface area (Å²) >= 11 is 6.00. The number of aliphatic hydroxyl groups is 1. The van der Waals surface area contributed by atoms with E-state index < -0.39 is 6.10 Å². The number of carbonyl (C=O) groups is 1. The normalized spacial score (nSPS) is 19.4. The van der Waals surface area contributed by atoms with Gasteiger partial charge in [0.05, 0.1) is 6.10 Å². The van der Waals surface area contributed by atoms with Crippen molar-refractivity contribution >= 4 is 23.3 Å². The van der Waals surface area contributed by atoms with Crippen LogP contribution >= 0.6 is 11.6 Å². The summed E-state index contributed by atoms with van der Waals surface area (Å²) in [6.45, 7) is 3.87. The lowest BCUT2D eigenvalue weighted by atomic mass is 10.2. The molecule has 1 aromatic rings. The number of benzene rings is 1. The number of urea groups is 1. The number of halogens is 1. The SMILES string of the molecule is CC(O)CCNC(=O)NC1CCN(c2cccc(Cl)c2)C1. The lowest BCUT2D eigenvalue weighted by molar-refractivity contribution is 0.183. The van der Waals surface area contributed by atoms with E-state index in [9.17, 15) is 4.79 Å². The fourth-order valence-electron chi connectivity index (χ4n) is 2.42. The maximum absolute atomic E-state index is 11.7. The molecule has 1 aliphatic rings. The van der Waals surface area contributed by atoms with Gasteiger partial charge in [0, 0.05) is 36.4 Å². The van der Waals surface area contributed by atoms with E-state index in [0.29, 0.717) is 13.0 Å². The van der Waals surface area contributed by atoms with E-state index in [-0.39, 0.29) is 12.1 Å². The summed E-state index contributed by atoms with van der Waals surface area (Å²) < 4.78 is 0. The van der Waals surface area contributed by atoms with Gasteiger partial charge in [-0.05, 0) is 38.0 Å². The van der Waals surface area contributed by atoms with Crippen LogP contribution in [0.4, 0.5) is 10.5 Å². The third kappa shape index (κ3) is 5.10. The highest BCUT2D eigenvalue weighted by Crippen LogP contribution is 2.23. The molecule has 1 fully saturated rings. The van der Waals surface area contributed by atoms with Gasteiger partial charge < -0.3 is 20.6 Å². The van der Waals surface area contributed by atoms with Gasteiger partial charge in [-0.25, -0.2) is 4.79 Å².